The van der Waals surface area contributed by atoms with E-state index in [9.17, 15) is 14.0 Å². The summed E-state index contributed by atoms with van der Waals surface area (Å²) in [5.74, 6) is -0.937. The van der Waals surface area contributed by atoms with Crippen molar-refractivity contribution < 1.29 is 23.2 Å². The average Bonchev–Trinajstić information content (AvgIpc) is 3.28. The molecule has 3 aromatic carbocycles. The molecule has 4 rings (SSSR count). The second-order valence-corrected chi connectivity index (χ2v) is 6.85. The predicted molar refractivity (Wildman–Crippen MR) is 114 cm³/mol. The Morgan fingerprint density at radius 3 is 2.44 bits per heavy atom. The molecule has 8 heteroatoms. The van der Waals surface area contributed by atoms with E-state index in [2.05, 4.69) is 15.5 Å². The normalized spacial score (nSPS) is 10.5. The molecule has 0 radical (unpaired) electrons. The predicted octanol–water partition coefficient (Wildman–Crippen LogP) is 4.41. The molecule has 0 saturated heterocycles. The number of ether oxygens (including phenoxy) is 1. The third-order valence-corrected chi connectivity index (χ3v) is 4.53. The van der Waals surface area contributed by atoms with E-state index in [0.717, 1.165) is 5.56 Å². The highest BCUT2D eigenvalue weighted by Crippen LogP contribution is 2.19. The minimum atomic E-state index is -0.651. The summed E-state index contributed by atoms with van der Waals surface area (Å²) in [7, 11) is 0. The van der Waals surface area contributed by atoms with E-state index < -0.39 is 5.97 Å². The molecule has 1 amide bonds. The number of para-hydroxylation sites is 1. The van der Waals surface area contributed by atoms with Crippen LogP contribution in [-0.2, 0) is 22.6 Å². The van der Waals surface area contributed by atoms with Crippen LogP contribution in [0.2, 0.25) is 0 Å². The molecule has 160 valence electrons. The summed E-state index contributed by atoms with van der Waals surface area (Å²) in [6.45, 7) is -0.251. The first-order valence-corrected chi connectivity index (χ1v) is 9.77. The molecule has 1 N–H and O–H groups in total. The Kier molecular flexibility index (Phi) is 6.31. The number of benzene rings is 3. The van der Waals surface area contributed by atoms with Gasteiger partial charge in [-0.15, -0.1) is 0 Å². The quantitative estimate of drug-likeness (QED) is 0.436. The zero-order chi connectivity index (χ0) is 22.3. The smallest absolute Gasteiger partial charge is 0.340 e. The lowest BCUT2D eigenvalue weighted by Gasteiger charge is -2.10. The van der Waals surface area contributed by atoms with Gasteiger partial charge in [-0.3, -0.25) is 4.79 Å². The van der Waals surface area contributed by atoms with Crippen LogP contribution in [0.5, 0.6) is 0 Å². The van der Waals surface area contributed by atoms with E-state index in [0.29, 0.717) is 11.3 Å². The van der Waals surface area contributed by atoms with Crippen molar-refractivity contribution in [2.24, 2.45) is 0 Å². The summed E-state index contributed by atoms with van der Waals surface area (Å²) < 4.78 is 23.4. The van der Waals surface area contributed by atoms with Crippen molar-refractivity contribution in [1.29, 1.82) is 0 Å². The number of rotatable bonds is 7. The van der Waals surface area contributed by atoms with Gasteiger partial charge >= 0.3 is 5.97 Å². The van der Waals surface area contributed by atoms with Gasteiger partial charge in [0.25, 0.3) is 5.89 Å². The molecule has 1 heterocycles. The van der Waals surface area contributed by atoms with E-state index >= 15 is 0 Å². The lowest BCUT2D eigenvalue weighted by atomic mass is 10.1. The molecule has 0 bridgehead atoms. The van der Waals surface area contributed by atoms with Crippen LogP contribution >= 0.6 is 0 Å². The molecular weight excluding hydrogens is 413 g/mol. The largest absolute Gasteiger partial charge is 0.452 e. The third kappa shape index (κ3) is 5.23. The highest BCUT2D eigenvalue weighted by atomic mass is 19.1. The maximum absolute atomic E-state index is 13.1. The Bertz CT molecular complexity index is 1220. The van der Waals surface area contributed by atoms with Crippen LogP contribution in [0, 0.1) is 5.82 Å². The number of aromatic nitrogens is 2. The van der Waals surface area contributed by atoms with Gasteiger partial charge in [-0.1, -0.05) is 47.6 Å². The molecule has 0 spiro atoms. The highest BCUT2D eigenvalue weighted by molar-refractivity contribution is 6.01. The fourth-order valence-electron chi connectivity index (χ4n) is 2.98. The molecule has 0 aliphatic carbocycles. The number of carbonyl (C=O) groups excluding carboxylic acids is 2. The standard InChI is InChI=1S/C24H18FN3O4/c25-18-12-10-17(11-13-18)23-27-22(32-28-23)15-31-24(30)19-8-4-5-9-20(19)26-21(29)14-16-6-2-1-3-7-16/h1-13H,14-15H2,(H,26,29). The zero-order valence-corrected chi connectivity index (χ0v) is 16.8. The van der Waals surface area contributed by atoms with Crippen LogP contribution in [0.3, 0.4) is 0 Å². The molecule has 0 unspecified atom stereocenters. The maximum Gasteiger partial charge on any atom is 0.340 e. The van der Waals surface area contributed by atoms with Crippen molar-refractivity contribution in [2.75, 3.05) is 5.32 Å². The van der Waals surface area contributed by atoms with E-state index in [1.165, 1.54) is 24.3 Å². The van der Waals surface area contributed by atoms with Crippen molar-refractivity contribution >= 4 is 17.6 Å². The number of nitrogens with one attached hydrogen (secondary N) is 1. The molecule has 32 heavy (non-hydrogen) atoms. The molecule has 0 atom stereocenters. The van der Waals surface area contributed by atoms with Gasteiger partial charge < -0.3 is 14.6 Å². The minimum Gasteiger partial charge on any atom is -0.452 e. The van der Waals surface area contributed by atoms with Gasteiger partial charge in [0.2, 0.25) is 11.7 Å². The van der Waals surface area contributed by atoms with Crippen LogP contribution in [-0.4, -0.2) is 22.0 Å². The summed E-state index contributed by atoms with van der Waals surface area (Å²) in [4.78, 5) is 29.1. The van der Waals surface area contributed by atoms with Crippen LogP contribution in [0.25, 0.3) is 11.4 Å². The lowest BCUT2D eigenvalue weighted by molar-refractivity contribution is -0.115. The summed E-state index contributed by atoms with van der Waals surface area (Å²) in [6, 6.07) is 21.5. The van der Waals surface area contributed by atoms with Crippen molar-refractivity contribution in [1.82, 2.24) is 10.1 Å². The Hall–Kier alpha value is -4.33. The monoisotopic (exact) mass is 431 g/mol. The van der Waals surface area contributed by atoms with Crippen LogP contribution < -0.4 is 5.32 Å². The molecule has 0 aliphatic rings. The van der Waals surface area contributed by atoms with Crippen LogP contribution in [0.4, 0.5) is 10.1 Å². The molecule has 0 saturated carbocycles. The first kappa shape index (κ1) is 20.9. The van der Waals surface area contributed by atoms with Gasteiger partial charge in [0, 0.05) is 5.56 Å². The van der Waals surface area contributed by atoms with Gasteiger partial charge in [-0.2, -0.15) is 4.98 Å². The Balaban J connectivity index is 1.39. The lowest BCUT2D eigenvalue weighted by Crippen LogP contribution is -2.17. The van der Waals surface area contributed by atoms with Gasteiger partial charge in [0.05, 0.1) is 17.7 Å². The second kappa shape index (κ2) is 9.65. The van der Waals surface area contributed by atoms with Crippen molar-refractivity contribution in [3.63, 3.8) is 0 Å². The molecule has 0 fully saturated rings. The van der Waals surface area contributed by atoms with E-state index in [-0.39, 0.29) is 42.0 Å². The molecular formula is C24H18FN3O4. The summed E-state index contributed by atoms with van der Waals surface area (Å²) in [6.07, 6.45) is 0.179. The summed E-state index contributed by atoms with van der Waals surface area (Å²) >= 11 is 0. The second-order valence-electron chi connectivity index (χ2n) is 6.85. The first-order chi connectivity index (χ1) is 15.6. The van der Waals surface area contributed by atoms with Gasteiger partial charge in [-0.25, -0.2) is 9.18 Å². The van der Waals surface area contributed by atoms with E-state index in [1.807, 2.05) is 30.3 Å². The SMILES string of the molecule is O=C(Cc1ccccc1)Nc1ccccc1C(=O)OCc1nc(-c2ccc(F)cc2)no1. The molecule has 1 aromatic heterocycles. The van der Waals surface area contributed by atoms with Gasteiger partial charge in [0.1, 0.15) is 5.82 Å². The molecule has 4 aromatic rings. The molecule has 0 aliphatic heterocycles. The third-order valence-electron chi connectivity index (χ3n) is 4.53. The number of hydrogen-bond acceptors (Lipinski definition) is 6. The number of esters is 1. The number of nitrogens with zero attached hydrogens (tertiary/aromatic N) is 2. The number of anilines is 1. The van der Waals surface area contributed by atoms with Crippen molar-refractivity contribution in [3.05, 3.63) is 102 Å². The number of carbonyl (C=O) groups is 2. The van der Waals surface area contributed by atoms with Crippen LogP contribution in [0.1, 0.15) is 21.8 Å². The zero-order valence-electron chi connectivity index (χ0n) is 16.8. The van der Waals surface area contributed by atoms with Gasteiger partial charge in [-0.05, 0) is 42.0 Å². The van der Waals surface area contributed by atoms with E-state index in [1.54, 1.807) is 24.3 Å². The van der Waals surface area contributed by atoms with Crippen LogP contribution in [0.15, 0.2) is 83.4 Å². The Morgan fingerprint density at radius 1 is 0.938 bits per heavy atom. The fraction of sp³-hybridized carbons (Fsp3) is 0.0833. The van der Waals surface area contributed by atoms with Crippen molar-refractivity contribution in [3.8, 4) is 11.4 Å². The summed E-state index contributed by atoms with van der Waals surface area (Å²) in [5.41, 5.74) is 1.97. The summed E-state index contributed by atoms with van der Waals surface area (Å²) in [5, 5.41) is 6.55. The van der Waals surface area contributed by atoms with Gasteiger partial charge in [0.15, 0.2) is 6.61 Å². The Labute approximate surface area is 182 Å². The fourth-order valence-corrected chi connectivity index (χ4v) is 2.98. The first-order valence-electron chi connectivity index (χ1n) is 9.77. The number of halogens is 1. The van der Waals surface area contributed by atoms with E-state index in [4.69, 9.17) is 9.26 Å². The topological polar surface area (TPSA) is 94.3 Å². The maximum atomic E-state index is 13.1. The molecule has 7 nitrogen and oxygen atoms in total. The number of hydrogen-bond donors (Lipinski definition) is 1. The number of amides is 1. The highest BCUT2D eigenvalue weighted by Gasteiger charge is 2.17. The minimum absolute atomic E-state index is 0.0864. The average molecular weight is 431 g/mol. The Morgan fingerprint density at radius 2 is 1.66 bits per heavy atom. The van der Waals surface area contributed by atoms with Crippen molar-refractivity contribution in [2.45, 2.75) is 13.0 Å².